The first-order valence-corrected chi connectivity index (χ1v) is 8.65. The Kier molecular flexibility index (Phi) is 4.92. The van der Waals surface area contributed by atoms with Crippen molar-refractivity contribution in [1.29, 1.82) is 0 Å². The second-order valence-electron chi connectivity index (χ2n) is 6.77. The molecule has 134 valence electrons. The van der Waals surface area contributed by atoms with E-state index in [0.717, 1.165) is 25.7 Å². The number of carbonyl (C=O) groups excluding carboxylic acids is 2. The van der Waals surface area contributed by atoms with Gasteiger partial charge in [-0.1, -0.05) is 25.0 Å². The quantitative estimate of drug-likeness (QED) is 0.747. The van der Waals surface area contributed by atoms with Gasteiger partial charge in [0, 0.05) is 11.7 Å². The van der Waals surface area contributed by atoms with E-state index in [1.54, 1.807) is 29.2 Å². The number of rotatable bonds is 5. The molecule has 7 nitrogen and oxygen atoms in total. The number of carbonyl (C=O) groups is 3. The highest BCUT2D eigenvalue weighted by molar-refractivity contribution is 5.99. The Bertz CT molecular complexity index is 691. The maximum Gasteiger partial charge on any atom is 0.326 e. The van der Waals surface area contributed by atoms with Crippen LogP contribution in [-0.4, -0.2) is 46.4 Å². The second kappa shape index (κ2) is 7.13. The van der Waals surface area contributed by atoms with Crippen LogP contribution in [0.1, 0.15) is 42.5 Å². The molecule has 25 heavy (non-hydrogen) atoms. The molecule has 1 aliphatic heterocycles. The number of carboxylic acids is 1. The van der Waals surface area contributed by atoms with E-state index in [2.05, 4.69) is 5.32 Å². The van der Waals surface area contributed by atoms with E-state index in [1.807, 2.05) is 0 Å². The molecule has 2 amide bonds. The molecule has 2 fully saturated rings. The van der Waals surface area contributed by atoms with Crippen molar-refractivity contribution in [2.24, 2.45) is 11.7 Å². The summed E-state index contributed by atoms with van der Waals surface area (Å²) in [5.74, 6) is -1.49. The Balaban J connectivity index is 1.73. The van der Waals surface area contributed by atoms with Gasteiger partial charge in [-0.2, -0.15) is 0 Å². The predicted octanol–water partition coefficient (Wildman–Crippen LogP) is 1.44. The monoisotopic (exact) mass is 345 g/mol. The van der Waals surface area contributed by atoms with Crippen molar-refractivity contribution in [3.63, 3.8) is 0 Å². The lowest BCUT2D eigenvalue weighted by Crippen LogP contribution is -2.48. The summed E-state index contributed by atoms with van der Waals surface area (Å²) in [6, 6.07) is 5.95. The lowest BCUT2D eigenvalue weighted by atomic mass is 9.85. The molecule has 1 aromatic rings. The molecule has 7 heteroatoms. The van der Waals surface area contributed by atoms with Crippen molar-refractivity contribution in [2.45, 2.75) is 44.2 Å². The van der Waals surface area contributed by atoms with E-state index in [-0.39, 0.29) is 24.4 Å². The third kappa shape index (κ3) is 3.45. The zero-order chi connectivity index (χ0) is 18.0. The Hall–Kier alpha value is -2.57. The van der Waals surface area contributed by atoms with Crippen LogP contribution < -0.4 is 11.1 Å². The molecular weight excluding hydrogens is 322 g/mol. The van der Waals surface area contributed by atoms with Crippen LogP contribution in [0.15, 0.2) is 24.3 Å². The van der Waals surface area contributed by atoms with Crippen LogP contribution in [0.25, 0.3) is 0 Å². The summed E-state index contributed by atoms with van der Waals surface area (Å²) >= 11 is 0. The van der Waals surface area contributed by atoms with E-state index < -0.39 is 17.9 Å². The van der Waals surface area contributed by atoms with Crippen LogP contribution >= 0.6 is 0 Å². The van der Waals surface area contributed by atoms with Gasteiger partial charge in [0.1, 0.15) is 6.04 Å². The Morgan fingerprint density at radius 3 is 2.64 bits per heavy atom. The summed E-state index contributed by atoms with van der Waals surface area (Å²) in [6.07, 6.45) is 4.49. The van der Waals surface area contributed by atoms with Crippen molar-refractivity contribution in [3.05, 3.63) is 29.8 Å². The molecule has 1 saturated heterocycles. The largest absolute Gasteiger partial charge is 0.480 e. The molecule has 4 N–H and O–H groups in total. The fourth-order valence-electron chi connectivity index (χ4n) is 4.15. The molecule has 1 aliphatic carbocycles. The normalized spacial score (nSPS) is 25.3. The molecule has 2 aliphatic rings. The summed E-state index contributed by atoms with van der Waals surface area (Å²) < 4.78 is 0. The Morgan fingerprint density at radius 1 is 1.20 bits per heavy atom. The van der Waals surface area contributed by atoms with E-state index in [4.69, 9.17) is 5.73 Å². The van der Waals surface area contributed by atoms with Crippen LogP contribution in [-0.2, 0) is 9.59 Å². The predicted molar refractivity (Wildman–Crippen MR) is 92.1 cm³/mol. The van der Waals surface area contributed by atoms with E-state index in [1.165, 1.54) is 0 Å². The van der Waals surface area contributed by atoms with Crippen molar-refractivity contribution >= 4 is 23.5 Å². The number of nitrogens with zero attached hydrogens (tertiary/aromatic N) is 1. The van der Waals surface area contributed by atoms with Crippen LogP contribution in [0.3, 0.4) is 0 Å². The van der Waals surface area contributed by atoms with Crippen molar-refractivity contribution < 1.29 is 19.5 Å². The number of nitrogens with two attached hydrogens (primary N) is 1. The highest BCUT2D eigenvalue weighted by Crippen LogP contribution is 2.39. The molecule has 3 rings (SSSR count). The molecule has 0 spiro atoms. The van der Waals surface area contributed by atoms with E-state index in [0.29, 0.717) is 17.7 Å². The molecule has 3 atom stereocenters. The van der Waals surface area contributed by atoms with Gasteiger partial charge in [0.2, 0.25) is 5.91 Å². The van der Waals surface area contributed by atoms with Gasteiger partial charge in [-0.3, -0.25) is 9.59 Å². The number of likely N-dealkylation sites (tertiary alicyclic amines) is 1. The SMILES string of the molecule is NC(=O)c1ccccc1NCC(=O)N1C(C(=O)O)CC2CCCCC21. The van der Waals surface area contributed by atoms with Crippen LogP contribution in [0.2, 0.25) is 0 Å². The van der Waals surface area contributed by atoms with Crippen LogP contribution in [0, 0.1) is 5.92 Å². The highest BCUT2D eigenvalue weighted by Gasteiger charge is 2.47. The van der Waals surface area contributed by atoms with Crippen LogP contribution in [0.4, 0.5) is 5.69 Å². The molecule has 0 bridgehead atoms. The summed E-state index contributed by atoms with van der Waals surface area (Å²) in [6.45, 7) is -0.0582. The number of hydrogen-bond acceptors (Lipinski definition) is 4. The van der Waals surface area contributed by atoms with Crippen molar-refractivity contribution in [3.8, 4) is 0 Å². The number of fused-ring (bicyclic) bond motifs is 1. The molecule has 1 heterocycles. The summed E-state index contributed by atoms with van der Waals surface area (Å²) in [5, 5.41) is 12.4. The topological polar surface area (TPSA) is 113 Å². The number of anilines is 1. The molecule has 1 saturated carbocycles. The lowest BCUT2D eigenvalue weighted by molar-refractivity contribution is -0.149. The number of benzene rings is 1. The average Bonchev–Trinajstić information content (AvgIpc) is 2.99. The zero-order valence-electron chi connectivity index (χ0n) is 14.0. The first kappa shape index (κ1) is 17.3. The average molecular weight is 345 g/mol. The number of hydrogen-bond donors (Lipinski definition) is 3. The molecule has 0 aromatic heterocycles. The smallest absolute Gasteiger partial charge is 0.326 e. The second-order valence-corrected chi connectivity index (χ2v) is 6.77. The summed E-state index contributed by atoms with van der Waals surface area (Å²) in [5.41, 5.74) is 6.13. The van der Waals surface area contributed by atoms with Gasteiger partial charge in [-0.15, -0.1) is 0 Å². The van der Waals surface area contributed by atoms with Gasteiger partial charge in [-0.25, -0.2) is 4.79 Å². The van der Waals surface area contributed by atoms with Gasteiger partial charge in [-0.05, 0) is 37.3 Å². The maximum atomic E-state index is 12.8. The zero-order valence-corrected chi connectivity index (χ0v) is 14.0. The minimum atomic E-state index is -0.944. The summed E-state index contributed by atoms with van der Waals surface area (Å²) in [4.78, 5) is 37.4. The summed E-state index contributed by atoms with van der Waals surface area (Å²) in [7, 11) is 0. The number of carboxylic acid groups (broad SMARTS) is 1. The molecule has 1 aromatic carbocycles. The maximum absolute atomic E-state index is 12.8. The standard InChI is InChI=1S/C18H23N3O4/c19-17(23)12-6-2-3-7-13(12)20-10-16(22)21-14-8-4-1-5-11(14)9-15(21)18(24)25/h2-3,6-7,11,14-15,20H,1,4-5,8-10H2,(H2,19,23)(H,24,25). The third-order valence-corrected chi connectivity index (χ3v) is 5.28. The lowest BCUT2D eigenvalue weighted by Gasteiger charge is -2.33. The van der Waals surface area contributed by atoms with Crippen molar-refractivity contribution in [2.75, 3.05) is 11.9 Å². The first-order valence-electron chi connectivity index (χ1n) is 8.65. The fraction of sp³-hybridized carbons (Fsp3) is 0.500. The number of nitrogens with one attached hydrogen (secondary N) is 1. The number of aliphatic carboxylic acids is 1. The minimum Gasteiger partial charge on any atom is -0.480 e. The fourth-order valence-corrected chi connectivity index (χ4v) is 4.15. The molecular formula is C18H23N3O4. The first-order chi connectivity index (χ1) is 12.0. The van der Waals surface area contributed by atoms with Gasteiger partial charge in [0.15, 0.2) is 0 Å². The third-order valence-electron chi connectivity index (χ3n) is 5.28. The number of amides is 2. The van der Waals surface area contributed by atoms with Gasteiger partial charge in [0.25, 0.3) is 5.91 Å². The Morgan fingerprint density at radius 2 is 1.92 bits per heavy atom. The molecule has 0 radical (unpaired) electrons. The number of para-hydroxylation sites is 1. The van der Waals surface area contributed by atoms with Crippen molar-refractivity contribution in [1.82, 2.24) is 4.90 Å². The minimum absolute atomic E-state index is 0.00975. The van der Waals surface area contributed by atoms with E-state index >= 15 is 0 Å². The van der Waals surface area contributed by atoms with Crippen LogP contribution in [0.5, 0.6) is 0 Å². The van der Waals surface area contributed by atoms with Gasteiger partial charge < -0.3 is 21.1 Å². The highest BCUT2D eigenvalue weighted by atomic mass is 16.4. The van der Waals surface area contributed by atoms with Gasteiger partial charge in [0.05, 0.1) is 12.1 Å². The van der Waals surface area contributed by atoms with E-state index in [9.17, 15) is 19.5 Å². The molecule has 3 unspecified atom stereocenters. The Labute approximate surface area is 146 Å². The van der Waals surface area contributed by atoms with Gasteiger partial charge >= 0.3 is 5.97 Å². The number of primary amides is 1.